The van der Waals surface area contributed by atoms with Crippen molar-refractivity contribution in [3.05, 3.63) is 69.7 Å². The van der Waals surface area contributed by atoms with Crippen LogP contribution in [0.4, 0.5) is 10.2 Å². The fraction of sp³-hybridized carbons (Fsp3) is 0.111. The van der Waals surface area contributed by atoms with E-state index in [-0.39, 0.29) is 18.3 Å². The largest absolute Gasteiger partial charge is 0.483 e. The Hall–Kier alpha value is -2.42. The van der Waals surface area contributed by atoms with Gasteiger partial charge in [0.2, 0.25) is 0 Å². The highest BCUT2D eigenvalue weighted by molar-refractivity contribution is 14.1. The second-order valence-electron chi connectivity index (χ2n) is 5.33. The Morgan fingerprint density at radius 2 is 1.96 bits per heavy atom. The molecule has 1 amide bonds. The second kappa shape index (κ2) is 7.64. The summed E-state index contributed by atoms with van der Waals surface area (Å²) in [5, 5.41) is 7.11. The van der Waals surface area contributed by atoms with Gasteiger partial charge in [0.05, 0.1) is 15.0 Å². The van der Waals surface area contributed by atoms with Crippen molar-refractivity contribution in [2.75, 3.05) is 11.9 Å². The number of carbonyl (C=O) groups is 1. The Morgan fingerprint density at radius 3 is 2.68 bits per heavy atom. The van der Waals surface area contributed by atoms with Crippen LogP contribution >= 0.6 is 22.6 Å². The molecule has 0 unspecified atom stereocenters. The summed E-state index contributed by atoms with van der Waals surface area (Å²) < 4.78 is 21.1. The number of rotatable bonds is 5. The molecule has 0 aliphatic carbocycles. The Balaban J connectivity index is 1.71. The Bertz CT molecular complexity index is 894. The van der Waals surface area contributed by atoms with Crippen LogP contribution in [0.5, 0.6) is 5.75 Å². The van der Waals surface area contributed by atoms with Crippen LogP contribution in [0.1, 0.15) is 5.69 Å². The highest BCUT2D eigenvalue weighted by atomic mass is 127. The summed E-state index contributed by atoms with van der Waals surface area (Å²) in [5.41, 5.74) is 1.39. The van der Waals surface area contributed by atoms with Gasteiger partial charge in [0, 0.05) is 6.07 Å². The van der Waals surface area contributed by atoms with E-state index in [1.807, 2.05) is 31.2 Å². The number of nitrogens with zero attached hydrogens (tertiary/aromatic N) is 2. The number of hydrogen-bond acceptors (Lipinski definition) is 3. The lowest BCUT2D eigenvalue weighted by Crippen LogP contribution is -2.22. The molecule has 7 heteroatoms. The molecule has 0 saturated carbocycles. The van der Waals surface area contributed by atoms with E-state index >= 15 is 0 Å². The molecule has 5 nitrogen and oxygen atoms in total. The standard InChI is InChI=1S/C18H15FIN3O2/c1-12-10-17(23(22-12)14-8-6-13(19)7-9-14)21-18(24)11-25-16-5-3-2-4-15(16)20/h2-10H,11H2,1H3,(H,21,24). The number of hydrogen-bond donors (Lipinski definition) is 1. The van der Waals surface area contributed by atoms with Gasteiger partial charge in [-0.25, -0.2) is 9.07 Å². The summed E-state index contributed by atoms with van der Waals surface area (Å²) in [7, 11) is 0. The molecule has 0 bridgehead atoms. The van der Waals surface area contributed by atoms with Gasteiger partial charge in [-0.05, 0) is 65.9 Å². The van der Waals surface area contributed by atoms with E-state index in [1.165, 1.54) is 12.1 Å². The van der Waals surface area contributed by atoms with Crippen molar-refractivity contribution >= 4 is 34.3 Å². The average Bonchev–Trinajstić information content (AvgIpc) is 2.95. The summed E-state index contributed by atoms with van der Waals surface area (Å²) in [6, 6.07) is 15.1. The van der Waals surface area contributed by atoms with Crippen molar-refractivity contribution in [3.8, 4) is 11.4 Å². The third kappa shape index (κ3) is 4.36. The maximum absolute atomic E-state index is 13.1. The maximum atomic E-state index is 13.1. The smallest absolute Gasteiger partial charge is 0.263 e. The predicted octanol–water partition coefficient (Wildman–Crippen LogP) is 3.94. The van der Waals surface area contributed by atoms with E-state index < -0.39 is 0 Å². The van der Waals surface area contributed by atoms with Gasteiger partial charge < -0.3 is 10.1 Å². The minimum atomic E-state index is -0.330. The number of aryl methyl sites for hydroxylation is 1. The first-order chi connectivity index (χ1) is 12.0. The molecule has 1 aromatic heterocycles. The maximum Gasteiger partial charge on any atom is 0.263 e. The van der Waals surface area contributed by atoms with Crippen LogP contribution in [-0.2, 0) is 4.79 Å². The number of halogens is 2. The molecule has 0 radical (unpaired) electrons. The monoisotopic (exact) mass is 451 g/mol. The highest BCUT2D eigenvalue weighted by Crippen LogP contribution is 2.20. The number of aromatic nitrogens is 2. The summed E-state index contributed by atoms with van der Waals surface area (Å²) in [5.74, 6) is 0.522. The van der Waals surface area contributed by atoms with E-state index in [0.29, 0.717) is 17.3 Å². The molecule has 3 rings (SSSR count). The van der Waals surface area contributed by atoms with Crippen molar-refractivity contribution in [3.63, 3.8) is 0 Å². The van der Waals surface area contributed by atoms with Crippen molar-refractivity contribution in [1.82, 2.24) is 9.78 Å². The Kier molecular flexibility index (Phi) is 5.32. The molecule has 0 saturated heterocycles. The van der Waals surface area contributed by atoms with Gasteiger partial charge in [0.1, 0.15) is 17.4 Å². The first-order valence-corrected chi connectivity index (χ1v) is 8.60. The molecule has 0 aliphatic heterocycles. The average molecular weight is 451 g/mol. The summed E-state index contributed by atoms with van der Waals surface area (Å²) >= 11 is 2.15. The molecule has 0 aliphatic rings. The van der Waals surface area contributed by atoms with Gasteiger partial charge in [-0.15, -0.1) is 0 Å². The van der Waals surface area contributed by atoms with Crippen LogP contribution in [0, 0.1) is 16.3 Å². The molecule has 25 heavy (non-hydrogen) atoms. The fourth-order valence-electron chi connectivity index (χ4n) is 2.25. The Labute approximate surface area is 157 Å². The van der Waals surface area contributed by atoms with Crippen LogP contribution in [0.3, 0.4) is 0 Å². The first-order valence-electron chi connectivity index (χ1n) is 7.53. The molecule has 128 valence electrons. The molecule has 3 aromatic rings. The minimum Gasteiger partial charge on any atom is -0.483 e. The van der Waals surface area contributed by atoms with E-state index in [2.05, 4.69) is 33.0 Å². The lowest BCUT2D eigenvalue weighted by atomic mass is 10.3. The second-order valence-corrected chi connectivity index (χ2v) is 6.49. The fourth-order valence-corrected chi connectivity index (χ4v) is 2.79. The summed E-state index contributed by atoms with van der Waals surface area (Å²) in [6.45, 7) is 1.70. The van der Waals surface area contributed by atoms with Gasteiger partial charge in [0.25, 0.3) is 5.91 Å². The van der Waals surface area contributed by atoms with E-state index in [1.54, 1.807) is 22.9 Å². The minimum absolute atomic E-state index is 0.117. The van der Waals surface area contributed by atoms with Gasteiger partial charge >= 0.3 is 0 Å². The van der Waals surface area contributed by atoms with Crippen molar-refractivity contribution in [1.29, 1.82) is 0 Å². The normalized spacial score (nSPS) is 10.5. The SMILES string of the molecule is Cc1cc(NC(=O)COc2ccccc2I)n(-c2ccc(F)cc2)n1. The van der Waals surface area contributed by atoms with Crippen molar-refractivity contribution in [2.45, 2.75) is 6.92 Å². The number of anilines is 1. The van der Waals surface area contributed by atoms with Crippen LogP contribution in [0.2, 0.25) is 0 Å². The van der Waals surface area contributed by atoms with Gasteiger partial charge in [-0.1, -0.05) is 12.1 Å². The summed E-state index contributed by atoms with van der Waals surface area (Å²) in [6.07, 6.45) is 0. The molecular formula is C18H15FIN3O2. The van der Waals surface area contributed by atoms with Gasteiger partial charge in [-0.2, -0.15) is 5.10 Å². The van der Waals surface area contributed by atoms with Crippen LogP contribution in [-0.4, -0.2) is 22.3 Å². The lowest BCUT2D eigenvalue weighted by molar-refractivity contribution is -0.118. The number of benzene rings is 2. The first kappa shape index (κ1) is 17.4. The zero-order valence-corrected chi connectivity index (χ0v) is 15.5. The predicted molar refractivity (Wildman–Crippen MR) is 102 cm³/mol. The molecule has 0 fully saturated rings. The van der Waals surface area contributed by atoms with Crippen molar-refractivity contribution < 1.29 is 13.9 Å². The molecular weight excluding hydrogens is 436 g/mol. The topological polar surface area (TPSA) is 56.1 Å². The zero-order valence-electron chi connectivity index (χ0n) is 13.4. The van der Waals surface area contributed by atoms with Crippen LogP contribution < -0.4 is 10.1 Å². The van der Waals surface area contributed by atoms with Gasteiger partial charge in [-0.3, -0.25) is 4.79 Å². The van der Waals surface area contributed by atoms with Crippen molar-refractivity contribution in [2.24, 2.45) is 0 Å². The third-order valence-corrected chi connectivity index (χ3v) is 4.26. The number of ether oxygens (including phenoxy) is 1. The molecule has 1 N–H and O–H groups in total. The van der Waals surface area contributed by atoms with E-state index in [4.69, 9.17) is 4.74 Å². The quantitative estimate of drug-likeness (QED) is 0.598. The van der Waals surface area contributed by atoms with Gasteiger partial charge in [0.15, 0.2) is 6.61 Å². The third-order valence-electron chi connectivity index (χ3n) is 3.37. The lowest BCUT2D eigenvalue weighted by Gasteiger charge is -2.10. The number of nitrogens with one attached hydrogen (secondary N) is 1. The van der Waals surface area contributed by atoms with E-state index in [0.717, 1.165) is 9.26 Å². The number of para-hydroxylation sites is 1. The van der Waals surface area contributed by atoms with Crippen LogP contribution in [0.25, 0.3) is 5.69 Å². The van der Waals surface area contributed by atoms with Crippen LogP contribution in [0.15, 0.2) is 54.6 Å². The zero-order chi connectivity index (χ0) is 17.8. The molecule has 2 aromatic carbocycles. The van der Waals surface area contributed by atoms with E-state index in [9.17, 15) is 9.18 Å². The molecule has 1 heterocycles. The molecule has 0 atom stereocenters. The Morgan fingerprint density at radius 1 is 1.24 bits per heavy atom. The molecule has 0 spiro atoms. The number of amides is 1. The number of carbonyl (C=O) groups excluding carboxylic acids is 1. The summed E-state index contributed by atoms with van der Waals surface area (Å²) in [4.78, 5) is 12.2. The highest BCUT2D eigenvalue weighted by Gasteiger charge is 2.12.